The second-order valence-corrected chi connectivity index (χ2v) is 7.21. The molecular weight excluding hydrogens is 344 g/mol. The van der Waals surface area contributed by atoms with Gasteiger partial charge in [-0.15, -0.1) is 0 Å². The van der Waals surface area contributed by atoms with E-state index in [1.807, 2.05) is 25.1 Å². The van der Waals surface area contributed by atoms with E-state index in [1.54, 1.807) is 20.3 Å². The van der Waals surface area contributed by atoms with Crippen LogP contribution in [0, 0.1) is 0 Å². The highest BCUT2D eigenvalue weighted by molar-refractivity contribution is 5.57. The van der Waals surface area contributed by atoms with Crippen LogP contribution in [0.5, 0.6) is 28.7 Å². The van der Waals surface area contributed by atoms with Gasteiger partial charge in [0.1, 0.15) is 30.0 Å². The molecular formula is C22H24O5. The highest BCUT2D eigenvalue weighted by atomic mass is 16.5. The molecule has 2 aliphatic heterocycles. The van der Waals surface area contributed by atoms with Gasteiger partial charge in [-0.05, 0) is 31.0 Å². The number of hydrogen-bond donors (Lipinski definition) is 1. The number of ether oxygens (including phenoxy) is 4. The Bertz CT molecular complexity index is 902. The van der Waals surface area contributed by atoms with Gasteiger partial charge in [0.2, 0.25) is 0 Å². The van der Waals surface area contributed by atoms with Gasteiger partial charge in [-0.3, -0.25) is 0 Å². The molecule has 5 nitrogen and oxygen atoms in total. The molecule has 0 unspecified atom stereocenters. The fourth-order valence-electron chi connectivity index (χ4n) is 3.97. The van der Waals surface area contributed by atoms with Crippen molar-refractivity contribution < 1.29 is 24.1 Å². The summed E-state index contributed by atoms with van der Waals surface area (Å²) in [7, 11) is 3.25. The van der Waals surface area contributed by atoms with Gasteiger partial charge in [0.15, 0.2) is 11.5 Å². The van der Waals surface area contributed by atoms with Crippen LogP contribution in [0.25, 0.3) is 0 Å². The Morgan fingerprint density at radius 2 is 1.96 bits per heavy atom. The van der Waals surface area contributed by atoms with Crippen LogP contribution < -0.4 is 18.9 Å². The Hall–Kier alpha value is -2.82. The molecule has 0 bridgehead atoms. The highest BCUT2D eigenvalue weighted by Gasteiger charge is 2.39. The molecule has 2 aromatic rings. The van der Waals surface area contributed by atoms with Crippen molar-refractivity contribution in [1.82, 2.24) is 0 Å². The minimum Gasteiger partial charge on any atom is -0.508 e. The molecule has 0 aliphatic carbocycles. The average Bonchev–Trinajstić information content (AvgIpc) is 2.67. The van der Waals surface area contributed by atoms with Crippen LogP contribution in [0.1, 0.15) is 29.5 Å². The fraction of sp³-hybridized carbons (Fsp3) is 0.364. The van der Waals surface area contributed by atoms with Crippen molar-refractivity contribution in [3.05, 3.63) is 53.1 Å². The zero-order chi connectivity index (χ0) is 19.1. The van der Waals surface area contributed by atoms with E-state index in [1.165, 1.54) is 0 Å². The molecule has 2 heterocycles. The Kier molecular flexibility index (Phi) is 4.38. The van der Waals surface area contributed by atoms with Crippen LogP contribution in [0.15, 0.2) is 36.4 Å². The van der Waals surface area contributed by atoms with Crippen molar-refractivity contribution in [2.75, 3.05) is 20.8 Å². The first-order valence-electron chi connectivity index (χ1n) is 9.05. The smallest absolute Gasteiger partial charge is 0.164 e. The first-order chi connectivity index (χ1) is 13.0. The summed E-state index contributed by atoms with van der Waals surface area (Å²) >= 11 is 0. The number of phenols is 1. The number of methoxy groups -OCH3 is 2. The number of phenolic OH excluding ortho intramolecular Hbond substituents is 1. The quantitative estimate of drug-likeness (QED) is 0.827. The minimum absolute atomic E-state index is 0.117. The van der Waals surface area contributed by atoms with Crippen LogP contribution in [-0.4, -0.2) is 32.0 Å². The molecule has 4 rings (SSSR count). The predicted octanol–water partition coefficient (Wildman–Crippen LogP) is 4.01. The molecule has 0 radical (unpaired) electrons. The normalized spacial score (nSPS) is 19.7. The largest absolute Gasteiger partial charge is 0.508 e. The van der Waals surface area contributed by atoms with Crippen LogP contribution in [0.3, 0.4) is 0 Å². The van der Waals surface area contributed by atoms with Gasteiger partial charge in [0.05, 0.1) is 14.2 Å². The van der Waals surface area contributed by atoms with Crippen LogP contribution in [0.2, 0.25) is 0 Å². The zero-order valence-corrected chi connectivity index (χ0v) is 15.9. The van der Waals surface area contributed by atoms with Crippen molar-refractivity contribution in [3.8, 4) is 28.7 Å². The lowest BCUT2D eigenvalue weighted by atomic mass is 9.82. The predicted molar refractivity (Wildman–Crippen MR) is 103 cm³/mol. The number of hydrogen-bond acceptors (Lipinski definition) is 5. The third-order valence-corrected chi connectivity index (χ3v) is 5.27. The third kappa shape index (κ3) is 2.97. The zero-order valence-electron chi connectivity index (χ0n) is 15.9. The molecule has 0 spiro atoms. The second kappa shape index (κ2) is 6.72. The molecule has 5 heteroatoms. The van der Waals surface area contributed by atoms with Gasteiger partial charge in [-0.25, -0.2) is 0 Å². The summed E-state index contributed by atoms with van der Waals surface area (Å²) in [6.45, 7) is 6.37. The summed E-state index contributed by atoms with van der Waals surface area (Å²) in [6.07, 6.45) is 1.29. The Labute approximate surface area is 159 Å². The lowest BCUT2D eigenvalue weighted by Crippen LogP contribution is -2.40. The van der Waals surface area contributed by atoms with Crippen LogP contribution >= 0.6 is 0 Å². The molecule has 0 fully saturated rings. The van der Waals surface area contributed by atoms with Crippen molar-refractivity contribution in [2.24, 2.45) is 0 Å². The van der Waals surface area contributed by atoms with Crippen molar-refractivity contribution in [1.29, 1.82) is 0 Å². The summed E-state index contributed by atoms with van der Waals surface area (Å²) in [5.41, 5.74) is 3.93. The highest BCUT2D eigenvalue weighted by Crippen LogP contribution is 2.48. The van der Waals surface area contributed by atoms with Gasteiger partial charge in [-0.1, -0.05) is 18.2 Å². The van der Waals surface area contributed by atoms with Crippen molar-refractivity contribution in [2.45, 2.75) is 31.8 Å². The van der Waals surface area contributed by atoms with E-state index in [9.17, 15) is 5.11 Å². The Morgan fingerprint density at radius 3 is 2.67 bits per heavy atom. The summed E-state index contributed by atoms with van der Waals surface area (Å²) in [6, 6.07) is 7.55. The summed E-state index contributed by atoms with van der Waals surface area (Å²) in [5, 5.41) is 10.3. The second-order valence-electron chi connectivity index (χ2n) is 7.21. The number of aromatic hydroxyl groups is 1. The Balaban J connectivity index is 1.75. The molecule has 142 valence electrons. The lowest BCUT2D eigenvalue weighted by molar-refractivity contribution is 0.0719. The first kappa shape index (κ1) is 17.6. The summed E-state index contributed by atoms with van der Waals surface area (Å²) < 4.78 is 23.2. The first-order valence-corrected chi connectivity index (χ1v) is 9.05. The molecule has 1 N–H and O–H groups in total. The van der Waals surface area contributed by atoms with E-state index in [2.05, 4.69) is 6.58 Å². The molecule has 2 aromatic carbocycles. The molecule has 27 heavy (non-hydrogen) atoms. The van der Waals surface area contributed by atoms with Crippen LogP contribution in [-0.2, 0) is 12.8 Å². The van der Waals surface area contributed by atoms with Gasteiger partial charge in [0.25, 0.3) is 0 Å². The third-order valence-electron chi connectivity index (χ3n) is 5.27. The van der Waals surface area contributed by atoms with E-state index in [4.69, 9.17) is 18.9 Å². The number of allylic oxidation sites excluding steroid dienone is 1. The number of rotatable bonds is 4. The van der Waals surface area contributed by atoms with Gasteiger partial charge in [0, 0.05) is 29.5 Å². The molecule has 0 aromatic heterocycles. The topological polar surface area (TPSA) is 57.2 Å². The molecule has 0 saturated carbocycles. The lowest BCUT2D eigenvalue weighted by Gasteiger charge is -2.39. The number of fused-ring (bicyclic) bond motifs is 4. The summed E-state index contributed by atoms with van der Waals surface area (Å²) in [5.74, 6) is 3.32. The van der Waals surface area contributed by atoms with Gasteiger partial charge in [-0.2, -0.15) is 0 Å². The monoisotopic (exact) mass is 368 g/mol. The maximum atomic E-state index is 10.3. The van der Waals surface area contributed by atoms with Gasteiger partial charge >= 0.3 is 0 Å². The van der Waals surface area contributed by atoms with E-state index in [0.717, 1.165) is 40.2 Å². The number of benzene rings is 2. The average molecular weight is 368 g/mol. The van der Waals surface area contributed by atoms with Crippen LogP contribution in [0.4, 0.5) is 0 Å². The van der Waals surface area contributed by atoms with E-state index in [0.29, 0.717) is 24.5 Å². The summed E-state index contributed by atoms with van der Waals surface area (Å²) in [4.78, 5) is 0. The standard InChI is InChI=1S/C22H24O5/c1-12(2)7-16-17(23)6-5-13-8-14-15-9-19(24-3)20(25-4)10-18(15)26-11-21(14)27-22(13)16/h5-6,9-10,14,21,23H,1,7-8,11H2,2-4H3/t14-,21+/m0/s1. The maximum absolute atomic E-state index is 10.3. The maximum Gasteiger partial charge on any atom is 0.164 e. The van der Waals surface area contributed by atoms with Crippen molar-refractivity contribution in [3.63, 3.8) is 0 Å². The molecule has 2 atom stereocenters. The molecule has 2 aliphatic rings. The fourth-order valence-corrected chi connectivity index (χ4v) is 3.97. The van der Waals surface area contributed by atoms with E-state index >= 15 is 0 Å². The van der Waals surface area contributed by atoms with Crippen molar-refractivity contribution >= 4 is 0 Å². The van der Waals surface area contributed by atoms with Gasteiger partial charge < -0.3 is 24.1 Å². The Morgan fingerprint density at radius 1 is 1.22 bits per heavy atom. The minimum atomic E-state index is -0.117. The van der Waals surface area contributed by atoms with E-state index < -0.39 is 0 Å². The molecule has 0 saturated heterocycles. The molecule has 0 amide bonds. The SMILES string of the molecule is C=C(C)Cc1c(O)ccc2c1O[C@@H]1COc3cc(OC)c(OC)cc3[C@@H]1C2. The van der Waals surface area contributed by atoms with E-state index in [-0.39, 0.29) is 17.8 Å².